The molecular weight excluding hydrogens is 627 g/mol. The Morgan fingerprint density at radius 1 is 0.477 bits per heavy atom. The molecule has 0 bridgehead atoms. The molecule has 0 aromatic heterocycles. The van der Waals surface area contributed by atoms with Crippen molar-refractivity contribution in [1.29, 1.82) is 0 Å². The van der Waals surface area contributed by atoms with Gasteiger partial charge in [0.05, 0.1) is 0 Å². The van der Waals surface area contributed by atoms with Gasteiger partial charge in [-0.05, 0) is 0 Å². The average molecular weight is 665 g/mol. The molecule has 0 nitrogen and oxygen atoms in total. The van der Waals surface area contributed by atoms with Crippen LogP contribution in [0.25, 0.3) is 34.4 Å². The van der Waals surface area contributed by atoms with Crippen LogP contribution in [0.15, 0.2) is 139 Å². The third kappa shape index (κ3) is 5.55. The Balaban J connectivity index is 0.00000192. The standard InChI is InChI=1S/2C16H13.C8H11Si.2ClH.Ti/c2*1-12-10-14-8-5-9-15(16(14)11-12)13-6-3-2-4-7-13;1-9(2)8-6-4-3-5-7-8;;;/h2*2-11H,1H3;3-7H,1-2H3;2*1H;/q;;;;;+2/p-2. The van der Waals surface area contributed by atoms with Crippen LogP contribution in [0.5, 0.6) is 0 Å². The molecule has 2 unspecified atom stereocenters. The van der Waals surface area contributed by atoms with Gasteiger partial charge in [0.2, 0.25) is 0 Å². The van der Waals surface area contributed by atoms with E-state index >= 15 is 0 Å². The van der Waals surface area contributed by atoms with Gasteiger partial charge in [-0.25, -0.2) is 0 Å². The quantitative estimate of drug-likeness (QED) is 0.237. The first-order valence-electron chi connectivity index (χ1n) is 15.1. The van der Waals surface area contributed by atoms with E-state index in [-0.39, 0.29) is 24.8 Å². The van der Waals surface area contributed by atoms with Gasteiger partial charge in [0, 0.05) is 0 Å². The van der Waals surface area contributed by atoms with E-state index in [1.54, 1.807) is 27.5 Å². The molecule has 2 aliphatic carbocycles. The third-order valence-electron chi connectivity index (χ3n) is 9.57. The van der Waals surface area contributed by atoms with Crippen LogP contribution in [0.1, 0.15) is 44.5 Å². The zero-order valence-corrected chi connectivity index (χ0v) is 29.8. The van der Waals surface area contributed by atoms with E-state index in [1.807, 2.05) is 0 Å². The molecule has 0 spiro atoms. The van der Waals surface area contributed by atoms with E-state index in [9.17, 15) is 0 Å². The first-order chi connectivity index (χ1) is 20.4. The van der Waals surface area contributed by atoms with Gasteiger partial charge in [-0.3, -0.25) is 0 Å². The number of fused-ring (bicyclic) bond motifs is 2. The summed E-state index contributed by atoms with van der Waals surface area (Å²) in [6, 6.07) is 47.7. The molecule has 0 heterocycles. The molecule has 7 rings (SSSR count). The predicted molar refractivity (Wildman–Crippen MR) is 180 cm³/mol. The number of hydrogen-bond acceptors (Lipinski definition) is 0. The van der Waals surface area contributed by atoms with Crippen molar-refractivity contribution in [2.75, 3.05) is 0 Å². The molecule has 219 valence electrons. The van der Waals surface area contributed by atoms with E-state index < -0.39 is 23.1 Å². The minimum Gasteiger partial charge on any atom is -1.00 e. The van der Waals surface area contributed by atoms with Gasteiger partial charge in [0.1, 0.15) is 0 Å². The zero-order valence-electron chi connectivity index (χ0n) is 25.7. The Bertz CT molecular complexity index is 1720. The Morgan fingerprint density at radius 3 is 1.27 bits per heavy atom. The molecular formula is C40H37Cl2SiTi. The molecule has 0 fully saturated rings. The summed E-state index contributed by atoms with van der Waals surface area (Å²) in [5.74, 6) is -1.87. The van der Waals surface area contributed by atoms with Crippen molar-refractivity contribution in [3.63, 3.8) is 0 Å². The zero-order chi connectivity index (χ0) is 28.8. The number of allylic oxidation sites excluding steroid dienone is 2. The summed E-state index contributed by atoms with van der Waals surface area (Å²) in [5.41, 5.74) is 14.6. The fourth-order valence-electron chi connectivity index (χ4n) is 7.58. The topological polar surface area (TPSA) is 0 Å². The van der Waals surface area contributed by atoms with Crippen LogP contribution in [0, 0.1) is 0 Å². The predicted octanol–water partition coefficient (Wildman–Crippen LogP) is 4.38. The molecule has 0 saturated heterocycles. The second kappa shape index (κ2) is 13.2. The second-order valence-electron chi connectivity index (χ2n) is 12.4. The maximum absolute atomic E-state index is 2.69. The minimum absolute atomic E-state index is 0. The summed E-state index contributed by atoms with van der Waals surface area (Å²) >= 11 is -2.00. The van der Waals surface area contributed by atoms with Crippen molar-refractivity contribution in [1.82, 2.24) is 0 Å². The molecule has 0 saturated carbocycles. The van der Waals surface area contributed by atoms with Gasteiger partial charge < -0.3 is 24.8 Å². The molecule has 4 heteroatoms. The van der Waals surface area contributed by atoms with Gasteiger partial charge in [-0.1, -0.05) is 0 Å². The van der Waals surface area contributed by atoms with E-state index in [2.05, 4.69) is 166 Å². The summed E-state index contributed by atoms with van der Waals surface area (Å²) in [4.78, 5) is 0. The normalized spacial score (nSPS) is 16.5. The summed E-state index contributed by atoms with van der Waals surface area (Å²) in [7, 11) is 0. The maximum Gasteiger partial charge on any atom is -1.00 e. The van der Waals surface area contributed by atoms with Gasteiger partial charge in [-0.15, -0.1) is 0 Å². The number of halogens is 2. The maximum atomic E-state index is 2.69. The van der Waals surface area contributed by atoms with Crippen LogP contribution in [-0.2, 0) is 17.1 Å². The Labute approximate surface area is 281 Å². The van der Waals surface area contributed by atoms with Crippen molar-refractivity contribution in [3.8, 4) is 22.3 Å². The molecule has 0 radical (unpaired) electrons. The first-order valence-corrected chi connectivity index (χ1v) is 22.3. The van der Waals surface area contributed by atoms with Crippen LogP contribution < -0.4 is 30.0 Å². The number of rotatable bonds is 6. The summed E-state index contributed by atoms with van der Waals surface area (Å²) in [5, 5.41) is 1.61. The molecule has 0 aliphatic heterocycles. The molecule has 5 aromatic carbocycles. The van der Waals surface area contributed by atoms with E-state index in [0.717, 1.165) is 0 Å². The Morgan fingerprint density at radius 2 is 0.864 bits per heavy atom. The Hall–Kier alpha value is -2.91. The number of benzene rings is 5. The molecule has 2 aliphatic rings. The molecule has 0 amide bonds. The van der Waals surface area contributed by atoms with Crippen LogP contribution in [0.2, 0.25) is 13.1 Å². The molecule has 5 aromatic rings. The summed E-state index contributed by atoms with van der Waals surface area (Å²) < 4.78 is 1.07. The third-order valence-corrected chi connectivity index (χ3v) is 27.6. The molecule has 44 heavy (non-hydrogen) atoms. The molecule has 0 N–H and O–H groups in total. The van der Waals surface area contributed by atoms with Crippen LogP contribution in [0.3, 0.4) is 0 Å². The summed E-state index contributed by atoms with van der Waals surface area (Å²) in [6.07, 6.45) is 5.08. The van der Waals surface area contributed by atoms with Crippen LogP contribution in [0.4, 0.5) is 0 Å². The van der Waals surface area contributed by atoms with Crippen LogP contribution >= 0.6 is 0 Å². The fraction of sp³-hybridized carbons (Fsp3) is 0.150. The Kier molecular flexibility index (Phi) is 9.76. The summed E-state index contributed by atoms with van der Waals surface area (Å²) in [6.45, 7) is 10.2. The van der Waals surface area contributed by atoms with Gasteiger partial charge in [0.25, 0.3) is 0 Å². The average Bonchev–Trinajstić information content (AvgIpc) is 3.54. The molecule has 2 atom stereocenters. The SMILES string of the molecule is CC1=Cc2c(-c3ccccc3)cccc2[CH]1[Ti+2]([CH]1C(C)=Cc2c(-c3ccccc3)cccc21)[Si](C)(C)c1ccccc1.[Cl-].[Cl-]. The van der Waals surface area contributed by atoms with Crippen molar-refractivity contribution in [2.24, 2.45) is 0 Å². The van der Waals surface area contributed by atoms with E-state index in [4.69, 9.17) is 0 Å². The smallest absolute Gasteiger partial charge is 1.00 e. The van der Waals surface area contributed by atoms with E-state index in [1.165, 1.54) is 33.4 Å². The monoisotopic (exact) mass is 663 g/mol. The fourth-order valence-corrected chi connectivity index (χ4v) is 26.8. The minimum atomic E-state index is -2.00. The van der Waals surface area contributed by atoms with Gasteiger partial charge >= 0.3 is 259 Å². The first kappa shape index (κ1) is 32.5. The van der Waals surface area contributed by atoms with Crippen molar-refractivity contribution in [3.05, 3.63) is 161 Å². The number of hydrogen-bond donors (Lipinski definition) is 0. The van der Waals surface area contributed by atoms with Gasteiger partial charge in [-0.2, -0.15) is 0 Å². The van der Waals surface area contributed by atoms with E-state index in [0.29, 0.717) is 8.45 Å². The van der Waals surface area contributed by atoms with Crippen LogP contribution in [-0.4, -0.2) is 5.94 Å². The van der Waals surface area contributed by atoms with Crippen molar-refractivity contribution < 1.29 is 41.9 Å². The largest absolute Gasteiger partial charge is 1.00 e. The second-order valence-corrected chi connectivity index (χ2v) is 27.7. The van der Waals surface area contributed by atoms with Gasteiger partial charge in [0.15, 0.2) is 0 Å². The van der Waals surface area contributed by atoms with Crippen molar-refractivity contribution in [2.45, 2.75) is 35.4 Å². The van der Waals surface area contributed by atoms with Crippen molar-refractivity contribution >= 4 is 23.3 Å².